The fourth-order valence-corrected chi connectivity index (χ4v) is 2.82. The van der Waals surface area contributed by atoms with E-state index in [1.165, 1.54) is 0 Å². The number of likely N-dealkylation sites (N-methyl/N-ethyl adjacent to an activating group) is 1. The van der Waals surface area contributed by atoms with E-state index < -0.39 is 12.1 Å². The standard InChI is InChI=1S/C10H15F3N2O/c1-6-8-4-3-7(5-14(6)2)15(8)9(16)10(11,12)13/h6-8H,3-5H2,1-2H3. The van der Waals surface area contributed by atoms with Gasteiger partial charge in [-0.15, -0.1) is 0 Å². The average molecular weight is 236 g/mol. The van der Waals surface area contributed by atoms with Crippen molar-refractivity contribution >= 4 is 5.91 Å². The Bertz CT molecular complexity index is 305. The van der Waals surface area contributed by atoms with E-state index in [-0.39, 0.29) is 18.1 Å². The number of fused-ring (bicyclic) bond motifs is 2. The molecule has 2 aliphatic heterocycles. The highest BCUT2D eigenvalue weighted by Gasteiger charge is 2.53. The Labute approximate surface area is 92.2 Å². The molecule has 0 saturated carbocycles. The van der Waals surface area contributed by atoms with E-state index in [0.717, 1.165) is 4.90 Å². The number of rotatable bonds is 0. The van der Waals surface area contributed by atoms with Crippen LogP contribution in [-0.4, -0.2) is 53.6 Å². The fraction of sp³-hybridized carbons (Fsp3) is 0.900. The van der Waals surface area contributed by atoms with E-state index in [1.807, 2.05) is 18.9 Å². The van der Waals surface area contributed by atoms with E-state index in [1.54, 1.807) is 0 Å². The lowest BCUT2D eigenvalue weighted by atomic mass is 10.1. The van der Waals surface area contributed by atoms with Crippen LogP contribution in [0.3, 0.4) is 0 Å². The van der Waals surface area contributed by atoms with Gasteiger partial charge in [0, 0.05) is 24.7 Å². The van der Waals surface area contributed by atoms with Gasteiger partial charge in [0.05, 0.1) is 0 Å². The van der Waals surface area contributed by atoms with E-state index in [0.29, 0.717) is 19.4 Å². The summed E-state index contributed by atoms with van der Waals surface area (Å²) >= 11 is 0. The number of hydrogen-bond donors (Lipinski definition) is 0. The molecule has 0 aromatic heterocycles. The van der Waals surface area contributed by atoms with Crippen LogP contribution in [0.4, 0.5) is 13.2 Å². The lowest BCUT2D eigenvalue weighted by Gasteiger charge is -2.44. The quantitative estimate of drug-likeness (QED) is 0.632. The van der Waals surface area contributed by atoms with Crippen LogP contribution in [0, 0.1) is 0 Å². The van der Waals surface area contributed by atoms with Gasteiger partial charge < -0.3 is 4.90 Å². The zero-order valence-electron chi connectivity index (χ0n) is 9.29. The number of amides is 1. The van der Waals surface area contributed by atoms with E-state index >= 15 is 0 Å². The first-order valence-corrected chi connectivity index (χ1v) is 5.42. The van der Waals surface area contributed by atoms with Crippen molar-refractivity contribution in [2.24, 2.45) is 0 Å². The summed E-state index contributed by atoms with van der Waals surface area (Å²) in [5, 5.41) is 0. The predicted octanol–water partition coefficient (Wildman–Crippen LogP) is 1.24. The number of alkyl halides is 3. The molecule has 92 valence electrons. The molecule has 2 heterocycles. The van der Waals surface area contributed by atoms with Crippen LogP contribution in [0.15, 0.2) is 0 Å². The topological polar surface area (TPSA) is 23.6 Å². The lowest BCUT2D eigenvalue weighted by Crippen LogP contribution is -2.61. The molecule has 0 aliphatic carbocycles. The lowest BCUT2D eigenvalue weighted by molar-refractivity contribution is -0.192. The monoisotopic (exact) mass is 236 g/mol. The summed E-state index contributed by atoms with van der Waals surface area (Å²) in [5.74, 6) is -1.67. The molecule has 2 bridgehead atoms. The fourth-order valence-electron chi connectivity index (χ4n) is 2.82. The molecule has 0 N–H and O–H groups in total. The zero-order valence-corrected chi connectivity index (χ0v) is 9.29. The molecule has 6 heteroatoms. The molecule has 3 atom stereocenters. The number of likely N-dealkylation sites (tertiary alicyclic amines) is 1. The van der Waals surface area contributed by atoms with Crippen molar-refractivity contribution in [3.05, 3.63) is 0 Å². The Kier molecular flexibility index (Phi) is 2.64. The van der Waals surface area contributed by atoms with Gasteiger partial charge in [-0.1, -0.05) is 0 Å². The van der Waals surface area contributed by atoms with E-state index in [9.17, 15) is 18.0 Å². The molecule has 2 rings (SSSR count). The summed E-state index contributed by atoms with van der Waals surface area (Å²) in [6.45, 7) is 2.42. The Morgan fingerprint density at radius 3 is 2.50 bits per heavy atom. The second-order valence-electron chi connectivity index (χ2n) is 4.69. The summed E-state index contributed by atoms with van der Waals surface area (Å²) in [6, 6.07) is -0.539. The summed E-state index contributed by atoms with van der Waals surface area (Å²) in [4.78, 5) is 14.4. The molecule has 0 radical (unpaired) electrons. The van der Waals surface area contributed by atoms with Crippen molar-refractivity contribution in [1.29, 1.82) is 0 Å². The van der Waals surface area contributed by atoms with Crippen LogP contribution >= 0.6 is 0 Å². The Morgan fingerprint density at radius 1 is 1.31 bits per heavy atom. The third-order valence-corrected chi connectivity index (χ3v) is 3.77. The van der Waals surface area contributed by atoms with Crippen molar-refractivity contribution in [3.63, 3.8) is 0 Å². The first-order valence-electron chi connectivity index (χ1n) is 5.42. The zero-order chi connectivity index (χ0) is 12.1. The highest BCUT2D eigenvalue weighted by atomic mass is 19.4. The van der Waals surface area contributed by atoms with E-state index in [4.69, 9.17) is 0 Å². The minimum atomic E-state index is -4.74. The van der Waals surface area contributed by atoms with Crippen LogP contribution in [-0.2, 0) is 4.79 Å². The van der Waals surface area contributed by atoms with Gasteiger partial charge in [0.2, 0.25) is 0 Å². The van der Waals surface area contributed by atoms with Crippen LogP contribution in [0.25, 0.3) is 0 Å². The smallest absolute Gasteiger partial charge is 0.326 e. The molecule has 16 heavy (non-hydrogen) atoms. The normalized spacial score (nSPS) is 35.6. The molecule has 2 fully saturated rings. The Hall–Kier alpha value is -0.780. The number of halogens is 3. The van der Waals surface area contributed by atoms with Gasteiger partial charge in [-0.3, -0.25) is 9.69 Å². The van der Waals surface area contributed by atoms with Gasteiger partial charge in [-0.25, -0.2) is 0 Å². The molecule has 0 aromatic carbocycles. The Morgan fingerprint density at radius 2 is 1.94 bits per heavy atom. The maximum absolute atomic E-state index is 12.4. The molecule has 0 aromatic rings. The van der Waals surface area contributed by atoms with Gasteiger partial charge in [0.1, 0.15) is 0 Å². The van der Waals surface area contributed by atoms with Crippen molar-refractivity contribution in [2.75, 3.05) is 13.6 Å². The predicted molar refractivity (Wildman–Crippen MR) is 51.8 cm³/mol. The molecule has 3 nitrogen and oxygen atoms in total. The molecule has 1 amide bonds. The first kappa shape index (κ1) is 11.7. The molecule has 2 aliphatic rings. The number of carbonyl (C=O) groups is 1. The van der Waals surface area contributed by atoms with E-state index in [2.05, 4.69) is 0 Å². The van der Waals surface area contributed by atoms with Crippen molar-refractivity contribution in [3.8, 4) is 0 Å². The van der Waals surface area contributed by atoms with Crippen LogP contribution in [0.1, 0.15) is 19.8 Å². The second kappa shape index (κ2) is 3.61. The number of hydrogen-bond acceptors (Lipinski definition) is 2. The van der Waals surface area contributed by atoms with Crippen LogP contribution in [0.2, 0.25) is 0 Å². The first-order chi connectivity index (χ1) is 7.32. The minimum Gasteiger partial charge on any atom is -0.326 e. The number of carbonyl (C=O) groups excluding carboxylic acids is 1. The Balaban J connectivity index is 2.21. The van der Waals surface area contributed by atoms with Gasteiger partial charge in [-0.2, -0.15) is 13.2 Å². The highest BCUT2D eigenvalue weighted by molar-refractivity contribution is 5.83. The number of piperazine rings is 1. The van der Waals surface area contributed by atoms with Gasteiger partial charge in [-0.05, 0) is 26.8 Å². The maximum atomic E-state index is 12.4. The van der Waals surface area contributed by atoms with Crippen LogP contribution < -0.4 is 0 Å². The maximum Gasteiger partial charge on any atom is 0.471 e. The largest absolute Gasteiger partial charge is 0.471 e. The summed E-state index contributed by atoms with van der Waals surface area (Å²) in [6.07, 6.45) is -3.38. The van der Waals surface area contributed by atoms with Gasteiger partial charge >= 0.3 is 12.1 Å². The minimum absolute atomic E-state index is 0.00468. The average Bonchev–Trinajstić information content (AvgIpc) is 2.50. The van der Waals surface area contributed by atoms with Crippen LogP contribution in [0.5, 0.6) is 0 Å². The van der Waals surface area contributed by atoms with Crippen molar-refractivity contribution < 1.29 is 18.0 Å². The summed E-state index contributed by atoms with van der Waals surface area (Å²) < 4.78 is 37.3. The molecule has 3 unspecified atom stereocenters. The molecular weight excluding hydrogens is 221 g/mol. The van der Waals surface area contributed by atoms with Gasteiger partial charge in [0.25, 0.3) is 0 Å². The van der Waals surface area contributed by atoms with Crippen molar-refractivity contribution in [1.82, 2.24) is 9.80 Å². The molecule has 2 saturated heterocycles. The third kappa shape index (κ3) is 1.69. The highest BCUT2D eigenvalue weighted by Crippen LogP contribution is 2.36. The van der Waals surface area contributed by atoms with Gasteiger partial charge in [0.15, 0.2) is 0 Å². The summed E-state index contributed by atoms with van der Waals surface area (Å²) in [5.41, 5.74) is 0. The number of nitrogens with zero attached hydrogens (tertiary/aromatic N) is 2. The summed E-state index contributed by atoms with van der Waals surface area (Å²) in [7, 11) is 1.89. The second-order valence-corrected chi connectivity index (χ2v) is 4.69. The molecule has 0 spiro atoms. The van der Waals surface area contributed by atoms with Crippen molar-refractivity contribution in [2.45, 2.75) is 44.1 Å². The molecular formula is C10H15F3N2O. The third-order valence-electron chi connectivity index (χ3n) is 3.77. The SMILES string of the molecule is CC1C2CCC(CN1C)N2C(=O)C(F)(F)F.